The van der Waals surface area contributed by atoms with Crippen molar-refractivity contribution in [3.05, 3.63) is 40.4 Å². The van der Waals surface area contributed by atoms with Crippen LogP contribution >= 0.6 is 0 Å². The fourth-order valence-electron chi connectivity index (χ4n) is 6.48. The van der Waals surface area contributed by atoms with Gasteiger partial charge in [0, 0.05) is 13.5 Å². The van der Waals surface area contributed by atoms with Gasteiger partial charge in [-0.2, -0.15) is 0 Å². The Morgan fingerprint density at radius 1 is 1.15 bits per heavy atom. The summed E-state index contributed by atoms with van der Waals surface area (Å²) in [5.41, 5.74) is 0.778. The van der Waals surface area contributed by atoms with E-state index in [9.17, 15) is 9.59 Å². The lowest BCUT2D eigenvalue weighted by atomic mass is 9.49. The summed E-state index contributed by atoms with van der Waals surface area (Å²) in [7, 11) is 1.83. The van der Waals surface area contributed by atoms with E-state index in [0.29, 0.717) is 29.7 Å². The molecule has 1 heterocycles. The first-order valence-electron chi connectivity index (χ1n) is 10.2. The van der Waals surface area contributed by atoms with E-state index in [1.54, 1.807) is 11.0 Å². The Hall–Kier alpha value is -2.17. The van der Waals surface area contributed by atoms with Crippen molar-refractivity contribution in [2.45, 2.75) is 51.5 Å². The van der Waals surface area contributed by atoms with Crippen LogP contribution in [0.5, 0.6) is 0 Å². The van der Waals surface area contributed by atoms with Gasteiger partial charge in [-0.1, -0.05) is 12.1 Å². The number of hydrogen-bond donors (Lipinski definition) is 1. The molecule has 1 aromatic carbocycles. The lowest BCUT2D eigenvalue weighted by Crippen LogP contribution is -2.48. The van der Waals surface area contributed by atoms with Crippen LogP contribution < -0.4 is 5.56 Å². The second-order valence-corrected chi connectivity index (χ2v) is 9.37. The lowest BCUT2D eigenvalue weighted by Gasteiger charge is -2.56. The number of amides is 1. The van der Waals surface area contributed by atoms with Gasteiger partial charge in [-0.3, -0.25) is 9.59 Å². The number of carbonyl (C=O) groups is 1. The largest absolute Gasteiger partial charge is 0.338 e. The monoisotopic (exact) mass is 365 g/mol. The molecule has 4 aliphatic rings. The van der Waals surface area contributed by atoms with E-state index in [2.05, 4.69) is 9.97 Å². The molecular weight excluding hydrogens is 338 g/mol. The molecule has 4 aliphatic carbocycles. The van der Waals surface area contributed by atoms with Gasteiger partial charge >= 0.3 is 0 Å². The third-order valence-corrected chi connectivity index (χ3v) is 7.17. The molecular formula is C22H27N3O2. The van der Waals surface area contributed by atoms with Crippen LogP contribution in [0.1, 0.15) is 50.8 Å². The number of fused-ring (bicyclic) bond motifs is 1. The molecule has 4 fully saturated rings. The van der Waals surface area contributed by atoms with Crippen molar-refractivity contribution < 1.29 is 4.79 Å². The molecule has 4 bridgehead atoms. The number of hydrogen-bond acceptors (Lipinski definition) is 3. The summed E-state index contributed by atoms with van der Waals surface area (Å²) in [5.74, 6) is 3.31. The molecule has 0 aliphatic heterocycles. The van der Waals surface area contributed by atoms with Gasteiger partial charge in [-0.25, -0.2) is 4.98 Å². The zero-order chi connectivity index (χ0) is 18.6. The van der Waals surface area contributed by atoms with Gasteiger partial charge < -0.3 is 9.88 Å². The summed E-state index contributed by atoms with van der Waals surface area (Å²) in [4.78, 5) is 34.3. The van der Waals surface area contributed by atoms with E-state index >= 15 is 0 Å². The average molecular weight is 365 g/mol. The molecule has 2 aromatic rings. The summed E-state index contributed by atoms with van der Waals surface area (Å²) in [5, 5.41) is 0.587. The van der Waals surface area contributed by atoms with Crippen molar-refractivity contribution in [3.8, 4) is 0 Å². The summed E-state index contributed by atoms with van der Waals surface area (Å²) >= 11 is 0. The van der Waals surface area contributed by atoms with E-state index in [1.165, 1.54) is 38.5 Å². The third-order valence-electron chi connectivity index (χ3n) is 7.17. The van der Waals surface area contributed by atoms with Crippen LogP contribution in [0.3, 0.4) is 0 Å². The first-order chi connectivity index (χ1) is 13.0. The molecule has 0 radical (unpaired) electrons. The molecule has 6 rings (SSSR count). The highest BCUT2D eigenvalue weighted by Gasteiger charge is 2.51. The van der Waals surface area contributed by atoms with E-state index in [0.717, 1.165) is 17.8 Å². The Morgan fingerprint density at radius 3 is 2.44 bits per heavy atom. The van der Waals surface area contributed by atoms with Crippen molar-refractivity contribution in [2.75, 3.05) is 7.05 Å². The minimum absolute atomic E-state index is 0.141. The van der Waals surface area contributed by atoms with Crippen molar-refractivity contribution >= 4 is 16.8 Å². The highest BCUT2D eigenvalue weighted by atomic mass is 16.2. The fourth-order valence-corrected chi connectivity index (χ4v) is 6.48. The number of para-hydroxylation sites is 1. The molecule has 5 heteroatoms. The van der Waals surface area contributed by atoms with Crippen LogP contribution in [0, 0.1) is 23.2 Å². The minimum atomic E-state index is -0.141. The Kier molecular flexibility index (Phi) is 3.88. The van der Waals surface area contributed by atoms with Crippen LogP contribution in [-0.4, -0.2) is 27.8 Å². The maximum Gasteiger partial charge on any atom is 0.258 e. The molecule has 4 saturated carbocycles. The molecule has 1 amide bonds. The summed E-state index contributed by atoms with van der Waals surface area (Å²) in [6.45, 7) is 0.352. The topological polar surface area (TPSA) is 66.1 Å². The molecule has 5 nitrogen and oxygen atoms in total. The van der Waals surface area contributed by atoms with Gasteiger partial charge in [-0.05, 0) is 73.8 Å². The van der Waals surface area contributed by atoms with Crippen LogP contribution in [0.25, 0.3) is 10.9 Å². The van der Waals surface area contributed by atoms with Gasteiger partial charge in [0.25, 0.3) is 5.56 Å². The van der Waals surface area contributed by atoms with Crippen LogP contribution in [0.4, 0.5) is 0 Å². The number of H-pyrrole nitrogens is 1. The number of nitrogens with zero attached hydrogens (tertiary/aromatic N) is 2. The Labute approximate surface area is 159 Å². The van der Waals surface area contributed by atoms with Gasteiger partial charge in [0.05, 0.1) is 17.4 Å². The van der Waals surface area contributed by atoms with Gasteiger partial charge in [0.15, 0.2) is 0 Å². The number of rotatable bonds is 4. The van der Waals surface area contributed by atoms with E-state index in [4.69, 9.17) is 0 Å². The second-order valence-electron chi connectivity index (χ2n) is 9.37. The number of nitrogens with one attached hydrogen (secondary N) is 1. The second kappa shape index (κ2) is 6.18. The molecule has 0 saturated heterocycles. The Morgan fingerprint density at radius 2 is 1.78 bits per heavy atom. The average Bonchev–Trinajstić information content (AvgIpc) is 2.60. The molecule has 0 unspecified atom stereocenters. The normalized spacial score (nSPS) is 31.4. The maximum atomic E-state index is 13.0. The molecule has 0 atom stereocenters. The quantitative estimate of drug-likeness (QED) is 0.902. The SMILES string of the molecule is CN(Cc1nc2ccccc2c(=O)[nH]1)C(=O)CC12CC3CC(CC(C3)C1)C2. The van der Waals surface area contributed by atoms with Crippen LogP contribution in [0.15, 0.2) is 29.1 Å². The lowest BCUT2D eigenvalue weighted by molar-refractivity contribution is -0.138. The fraction of sp³-hybridized carbons (Fsp3) is 0.591. The van der Waals surface area contributed by atoms with Crippen molar-refractivity contribution in [3.63, 3.8) is 0 Å². The zero-order valence-corrected chi connectivity index (χ0v) is 15.9. The molecule has 0 spiro atoms. The number of carbonyl (C=O) groups excluding carboxylic acids is 1. The van der Waals surface area contributed by atoms with E-state index < -0.39 is 0 Å². The summed E-state index contributed by atoms with van der Waals surface area (Å²) < 4.78 is 0. The van der Waals surface area contributed by atoms with E-state index in [1.807, 2.05) is 25.2 Å². The third kappa shape index (κ3) is 3.07. The van der Waals surface area contributed by atoms with Gasteiger partial charge in [0.2, 0.25) is 5.91 Å². The molecule has 1 aromatic heterocycles. The van der Waals surface area contributed by atoms with Gasteiger partial charge in [0.1, 0.15) is 5.82 Å². The highest BCUT2D eigenvalue weighted by molar-refractivity contribution is 5.78. The zero-order valence-electron chi connectivity index (χ0n) is 15.9. The number of benzene rings is 1. The summed E-state index contributed by atoms with van der Waals surface area (Å²) in [6, 6.07) is 7.32. The number of aromatic nitrogens is 2. The Bertz CT molecular complexity index is 913. The number of aromatic amines is 1. The standard InChI is InChI=1S/C22H27N3O2/c1-25(13-19-23-18-5-3-2-4-17(18)21(27)24-19)20(26)12-22-9-14-6-15(10-22)8-16(7-14)11-22/h2-5,14-16H,6-13H2,1H3,(H,23,24,27). The minimum Gasteiger partial charge on any atom is -0.338 e. The predicted molar refractivity (Wildman–Crippen MR) is 104 cm³/mol. The maximum absolute atomic E-state index is 13.0. The van der Waals surface area contributed by atoms with Crippen LogP contribution in [-0.2, 0) is 11.3 Å². The molecule has 1 N–H and O–H groups in total. The first kappa shape index (κ1) is 17.0. The van der Waals surface area contributed by atoms with Crippen molar-refractivity contribution in [1.29, 1.82) is 0 Å². The van der Waals surface area contributed by atoms with Crippen molar-refractivity contribution in [1.82, 2.24) is 14.9 Å². The van der Waals surface area contributed by atoms with Crippen molar-refractivity contribution in [2.24, 2.45) is 23.2 Å². The van der Waals surface area contributed by atoms with Crippen LogP contribution in [0.2, 0.25) is 0 Å². The smallest absolute Gasteiger partial charge is 0.258 e. The van der Waals surface area contributed by atoms with Gasteiger partial charge in [-0.15, -0.1) is 0 Å². The Balaban J connectivity index is 1.31. The molecule has 142 valence electrons. The summed E-state index contributed by atoms with van der Waals surface area (Å²) in [6.07, 6.45) is 8.56. The first-order valence-corrected chi connectivity index (χ1v) is 10.2. The molecule has 27 heavy (non-hydrogen) atoms. The predicted octanol–water partition coefficient (Wildman–Crippen LogP) is 3.49. The van der Waals surface area contributed by atoms with E-state index in [-0.39, 0.29) is 16.9 Å². The highest BCUT2D eigenvalue weighted by Crippen LogP contribution is 2.61.